The molecule has 0 radical (unpaired) electrons. The third-order valence-corrected chi connectivity index (χ3v) is 2.12. The van der Waals surface area contributed by atoms with Crippen molar-refractivity contribution in [1.29, 1.82) is 5.41 Å². The smallest absolute Gasteiger partial charge is 0.0614 e. The van der Waals surface area contributed by atoms with Crippen LogP contribution in [0.15, 0.2) is 29.8 Å². The van der Waals surface area contributed by atoms with Crippen LogP contribution in [-0.4, -0.2) is 5.71 Å². The summed E-state index contributed by atoms with van der Waals surface area (Å²) in [6.07, 6.45) is 1.90. The Morgan fingerprint density at radius 3 is 2.43 bits per heavy atom. The summed E-state index contributed by atoms with van der Waals surface area (Å²) < 4.78 is 0. The van der Waals surface area contributed by atoms with E-state index in [4.69, 9.17) is 5.41 Å². The van der Waals surface area contributed by atoms with Crippen LogP contribution in [0, 0.1) is 19.3 Å². The van der Waals surface area contributed by atoms with Crippen LogP contribution in [0.2, 0.25) is 0 Å². The largest absolute Gasteiger partial charge is 0.300 e. The van der Waals surface area contributed by atoms with Crippen molar-refractivity contribution in [2.75, 3.05) is 0 Å². The lowest BCUT2D eigenvalue weighted by molar-refractivity contribution is 1.34. The van der Waals surface area contributed by atoms with Crippen LogP contribution in [-0.2, 0) is 0 Å². The molecule has 0 amide bonds. The minimum atomic E-state index is 0.603. The zero-order chi connectivity index (χ0) is 10.7. The molecule has 0 bridgehead atoms. The van der Waals surface area contributed by atoms with Gasteiger partial charge in [-0.3, -0.25) is 0 Å². The minimum absolute atomic E-state index is 0.603. The fourth-order valence-electron chi connectivity index (χ4n) is 1.39. The standard InChI is InChI=1S/C13H17N/c1-9(2)7-13(14)12-8-10(3)5-6-11(12)4/h5-8,14H,1-4H3. The number of rotatable bonds is 2. The molecule has 1 N–H and O–H groups in total. The van der Waals surface area contributed by atoms with Crippen molar-refractivity contribution in [2.45, 2.75) is 27.7 Å². The normalized spacial score (nSPS) is 9.71. The third-order valence-electron chi connectivity index (χ3n) is 2.12. The van der Waals surface area contributed by atoms with Gasteiger partial charge < -0.3 is 5.41 Å². The second-order valence-electron chi connectivity index (χ2n) is 3.95. The summed E-state index contributed by atoms with van der Waals surface area (Å²) >= 11 is 0. The van der Waals surface area contributed by atoms with E-state index < -0.39 is 0 Å². The molecule has 0 aromatic heterocycles. The molecular formula is C13H17N. The highest BCUT2D eigenvalue weighted by Crippen LogP contribution is 2.12. The molecule has 0 aliphatic carbocycles. The number of benzene rings is 1. The second kappa shape index (κ2) is 4.23. The summed E-state index contributed by atoms with van der Waals surface area (Å²) in [6.45, 7) is 8.13. The average molecular weight is 187 g/mol. The van der Waals surface area contributed by atoms with E-state index in [0.29, 0.717) is 5.71 Å². The topological polar surface area (TPSA) is 23.9 Å². The summed E-state index contributed by atoms with van der Waals surface area (Å²) in [4.78, 5) is 0. The van der Waals surface area contributed by atoms with Gasteiger partial charge in [-0.1, -0.05) is 23.3 Å². The van der Waals surface area contributed by atoms with Crippen LogP contribution in [0.3, 0.4) is 0 Å². The number of hydrogen-bond acceptors (Lipinski definition) is 1. The van der Waals surface area contributed by atoms with Crippen molar-refractivity contribution in [2.24, 2.45) is 0 Å². The maximum Gasteiger partial charge on any atom is 0.0614 e. The van der Waals surface area contributed by atoms with E-state index in [1.807, 2.05) is 26.8 Å². The van der Waals surface area contributed by atoms with Gasteiger partial charge in [0.2, 0.25) is 0 Å². The molecular weight excluding hydrogens is 170 g/mol. The number of nitrogens with one attached hydrogen (secondary N) is 1. The Morgan fingerprint density at radius 2 is 1.86 bits per heavy atom. The zero-order valence-corrected chi connectivity index (χ0v) is 9.31. The van der Waals surface area contributed by atoms with E-state index in [2.05, 4.69) is 25.1 Å². The van der Waals surface area contributed by atoms with Gasteiger partial charge in [0.1, 0.15) is 0 Å². The van der Waals surface area contributed by atoms with Crippen LogP contribution in [0.4, 0.5) is 0 Å². The first-order chi connectivity index (χ1) is 6.50. The van der Waals surface area contributed by atoms with Gasteiger partial charge in [-0.2, -0.15) is 0 Å². The zero-order valence-electron chi connectivity index (χ0n) is 9.31. The first kappa shape index (κ1) is 10.7. The summed E-state index contributed by atoms with van der Waals surface area (Å²) in [6, 6.07) is 6.21. The molecule has 1 aromatic rings. The van der Waals surface area contributed by atoms with E-state index in [1.54, 1.807) is 0 Å². The summed E-state index contributed by atoms with van der Waals surface area (Å²) in [5, 5.41) is 7.92. The fraction of sp³-hybridized carbons (Fsp3) is 0.308. The van der Waals surface area contributed by atoms with Gasteiger partial charge in [0.05, 0.1) is 5.71 Å². The van der Waals surface area contributed by atoms with Gasteiger partial charge in [0.15, 0.2) is 0 Å². The molecule has 1 nitrogen and oxygen atoms in total. The van der Waals surface area contributed by atoms with Crippen LogP contribution >= 0.6 is 0 Å². The monoisotopic (exact) mass is 187 g/mol. The van der Waals surface area contributed by atoms with Gasteiger partial charge in [0.25, 0.3) is 0 Å². The first-order valence-electron chi connectivity index (χ1n) is 4.82. The molecule has 0 fully saturated rings. The van der Waals surface area contributed by atoms with E-state index >= 15 is 0 Å². The molecule has 0 spiro atoms. The van der Waals surface area contributed by atoms with E-state index in [1.165, 1.54) is 5.56 Å². The van der Waals surface area contributed by atoms with Crippen molar-refractivity contribution in [1.82, 2.24) is 0 Å². The van der Waals surface area contributed by atoms with Gasteiger partial charge >= 0.3 is 0 Å². The molecule has 0 saturated heterocycles. The molecule has 1 rings (SSSR count). The van der Waals surface area contributed by atoms with Gasteiger partial charge in [-0.15, -0.1) is 0 Å². The lowest BCUT2D eigenvalue weighted by Gasteiger charge is -2.05. The Kier molecular flexibility index (Phi) is 3.23. The molecule has 0 aliphatic rings. The van der Waals surface area contributed by atoms with Crippen LogP contribution in [0.25, 0.3) is 0 Å². The molecule has 74 valence electrons. The van der Waals surface area contributed by atoms with Crippen molar-refractivity contribution in [3.63, 3.8) is 0 Å². The summed E-state index contributed by atoms with van der Waals surface area (Å²) in [7, 11) is 0. The van der Waals surface area contributed by atoms with Crippen LogP contribution in [0.1, 0.15) is 30.5 Å². The van der Waals surface area contributed by atoms with Crippen molar-refractivity contribution >= 4 is 5.71 Å². The Bertz CT molecular complexity index is 382. The molecule has 1 heteroatoms. The maximum absolute atomic E-state index is 7.92. The van der Waals surface area contributed by atoms with Crippen molar-refractivity contribution < 1.29 is 0 Å². The Hall–Kier alpha value is -1.37. The highest BCUT2D eigenvalue weighted by molar-refractivity contribution is 6.07. The molecule has 0 aliphatic heterocycles. The van der Waals surface area contributed by atoms with Gasteiger partial charge in [-0.25, -0.2) is 0 Å². The molecule has 0 atom stereocenters. The van der Waals surface area contributed by atoms with E-state index in [0.717, 1.165) is 16.7 Å². The molecule has 1 aromatic carbocycles. The predicted molar refractivity (Wildman–Crippen MR) is 62.2 cm³/mol. The summed E-state index contributed by atoms with van der Waals surface area (Å²) in [5.41, 5.74) is 5.17. The van der Waals surface area contributed by atoms with Crippen molar-refractivity contribution in [3.05, 3.63) is 46.5 Å². The van der Waals surface area contributed by atoms with Crippen molar-refractivity contribution in [3.8, 4) is 0 Å². The molecule has 14 heavy (non-hydrogen) atoms. The first-order valence-corrected chi connectivity index (χ1v) is 4.82. The average Bonchev–Trinajstić information content (AvgIpc) is 2.08. The van der Waals surface area contributed by atoms with E-state index in [-0.39, 0.29) is 0 Å². The fourth-order valence-corrected chi connectivity index (χ4v) is 1.39. The number of allylic oxidation sites excluding steroid dienone is 2. The highest BCUT2D eigenvalue weighted by Gasteiger charge is 2.02. The number of hydrogen-bond donors (Lipinski definition) is 1. The predicted octanol–water partition coefficient (Wildman–Crippen LogP) is 3.64. The lowest BCUT2D eigenvalue weighted by atomic mass is 10.0. The number of aryl methyl sites for hydroxylation is 2. The second-order valence-corrected chi connectivity index (χ2v) is 3.95. The van der Waals surface area contributed by atoms with Crippen LogP contribution in [0.5, 0.6) is 0 Å². The van der Waals surface area contributed by atoms with Gasteiger partial charge in [0, 0.05) is 5.56 Å². The lowest BCUT2D eigenvalue weighted by Crippen LogP contribution is -1.99. The molecule has 0 unspecified atom stereocenters. The maximum atomic E-state index is 7.92. The SMILES string of the molecule is CC(C)=CC(=N)c1cc(C)ccc1C. The summed E-state index contributed by atoms with van der Waals surface area (Å²) in [5.74, 6) is 0. The quantitative estimate of drug-likeness (QED) is 0.683. The Labute approximate surface area is 86.0 Å². The minimum Gasteiger partial charge on any atom is -0.300 e. The van der Waals surface area contributed by atoms with Crippen LogP contribution < -0.4 is 0 Å². The Balaban J connectivity index is 3.12. The third kappa shape index (κ3) is 2.56. The molecule has 0 heterocycles. The Morgan fingerprint density at radius 1 is 1.21 bits per heavy atom. The van der Waals surface area contributed by atoms with Gasteiger partial charge in [-0.05, 0) is 45.4 Å². The molecule has 0 saturated carbocycles. The van der Waals surface area contributed by atoms with E-state index in [9.17, 15) is 0 Å². The highest BCUT2D eigenvalue weighted by atomic mass is 14.4.